The van der Waals surface area contributed by atoms with Gasteiger partial charge in [-0.25, -0.2) is 0 Å². The van der Waals surface area contributed by atoms with Gasteiger partial charge < -0.3 is 9.63 Å². The van der Waals surface area contributed by atoms with Gasteiger partial charge in [-0.2, -0.15) is 0 Å². The minimum absolute atomic E-state index is 0.459. The number of aliphatic hydroxyl groups is 1. The van der Waals surface area contributed by atoms with Gasteiger partial charge in [0.1, 0.15) is 0 Å². The smallest absolute Gasteiger partial charge is 0.0917 e. The lowest BCUT2D eigenvalue weighted by atomic mass is 10.1. The molecule has 2 aromatic carbocycles. The molecule has 0 aliphatic heterocycles. The third-order valence-electron chi connectivity index (χ3n) is 3.50. The molecule has 0 amide bonds. The van der Waals surface area contributed by atoms with Crippen LogP contribution in [0.3, 0.4) is 0 Å². The van der Waals surface area contributed by atoms with E-state index in [9.17, 15) is 5.11 Å². The molecule has 6 heteroatoms. The molecule has 0 saturated heterocycles. The SMILES string of the molecule is OC(CN(CCOPI)Cc1ccccc1)c1ccc(Cl)cc1. The Hall–Kier alpha value is -0.230. The van der Waals surface area contributed by atoms with Crippen molar-refractivity contribution in [3.05, 3.63) is 70.7 Å². The fraction of sp³-hybridized carbons (Fsp3) is 0.294. The van der Waals surface area contributed by atoms with E-state index in [1.54, 1.807) is 0 Å². The van der Waals surface area contributed by atoms with Gasteiger partial charge in [0.15, 0.2) is 0 Å². The van der Waals surface area contributed by atoms with E-state index < -0.39 is 6.10 Å². The quantitative estimate of drug-likeness (QED) is 0.328. The molecule has 2 aromatic rings. The molecule has 124 valence electrons. The van der Waals surface area contributed by atoms with Gasteiger partial charge in [-0.3, -0.25) is 4.90 Å². The molecule has 2 unspecified atom stereocenters. The molecule has 0 aromatic heterocycles. The minimum atomic E-state index is -0.543. The van der Waals surface area contributed by atoms with Crippen molar-refractivity contribution in [2.24, 2.45) is 0 Å². The Bertz CT molecular complexity index is 571. The van der Waals surface area contributed by atoms with Gasteiger partial charge in [-0.05, 0) is 45.3 Å². The van der Waals surface area contributed by atoms with E-state index >= 15 is 0 Å². The Morgan fingerprint density at radius 1 is 1.13 bits per heavy atom. The van der Waals surface area contributed by atoms with Crippen LogP contribution in [-0.2, 0) is 11.1 Å². The van der Waals surface area contributed by atoms with Crippen LogP contribution in [0.5, 0.6) is 0 Å². The number of halogens is 2. The van der Waals surface area contributed by atoms with Crippen molar-refractivity contribution in [3.8, 4) is 0 Å². The zero-order chi connectivity index (χ0) is 16.5. The Morgan fingerprint density at radius 2 is 1.83 bits per heavy atom. The zero-order valence-electron chi connectivity index (χ0n) is 12.7. The van der Waals surface area contributed by atoms with Gasteiger partial charge in [-0.15, -0.1) is 0 Å². The summed E-state index contributed by atoms with van der Waals surface area (Å²) >= 11 is 8.13. The van der Waals surface area contributed by atoms with Crippen LogP contribution >= 0.6 is 40.1 Å². The first-order valence-corrected chi connectivity index (χ1v) is 11.8. The molecule has 23 heavy (non-hydrogen) atoms. The molecule has 0 aliphatic rings. The minimum Gasteiger partial charge on any atom is -0.387 e. The monoisotopic (exact) mass is 463 g/mol. The summed E-state index contributed by atoms with van der Waals surface area (Å²) in [6.45, 7) is 3.26. The van der Waals surface area contributed by atoms with Gasteiger partial charge in [0.2, 0.25) is 0 Å². The molecule has 0 bridgehead atoms. The first-order chi connectivity index (χ1) is 11.2. The lowest BCUT2D eigenvalue weighted by molar-refractivity contribution is 0.101. The standard InChI is InChI=1S/C17H20ClINO2P/c18-16-8-6-15(7-9-16)17(21)13-20(10-11-22-23-19)12-14-4-2-1-3-5-14/h1-9,17,21,23H,10-13H2. The maximum absolute atomic E-state index is 10.5. The molecule has 0 fully saturated rings. The summed E-state index contributed by atoms with van der Waals surface area (Å²) in [6.07, 6.45) is -0.543. The first-order valence-electron chi connectivity index (χ1n) is 7.36. The third-order valence-corrected chi connectivity index (χ3v) is 5.00. The van der Waals surface area contributed by atoms with Crippen molar-refractivity contribution in [1.82, 2.24) is 4.90 Å². The number of rotatable bonds is 9. The Morgan fingerprint density at radius 3 is 2.48 bits per heavy atom. The Balaban J connectivity index is 1.99. The third kappa shape index (κ3) is 7.04. The normalized spacial score (nSPS) is 13.0. The van der Waals surface area contributed by atoms with E-state index in [1.165, 1.54) is 5.56 Å². The van der Waals surface area contributed by atoms with Crippen molar-refractivity contribution in [3.63, 3.8) is 0 Å². The van der Waals surface area contributed by atoms with Crippen LogP contribution in [0, 0.1) is 0 Å². The summed E-state index contributed by atoms with van der Waals surface area (Å²) in [5, 5.41) is 11.2. The van der Waals surface area contributed by atoms with E-state index in [1.807, 2.05) is 42.5 Å². The molecule has 2 atom stereocenters. The highest BCUT2D eigenvalue weighted by Gasteiger charge is 2.14. The molecule has 1 N–H and O–H groups in total. The Kier molecular flexibility index (Phi) is 8.80. The zero-order valence-corrected chi connectivity index (χ0v) is 16.6. The fourth-order valence-corrected chi connectivity index (χ4v) is 3.28. The topological polar surface area (TPSA) is 32.7 Å². The van der Waals surface area contributed by atoms with Crippen LogP contribution in [0.1, 0.15) is 17.2 Å². The van der Waals surface area contributed by atoms with E-state index in [2.05, 4.69) is 39.1 Å². The molecule has 2 rings (SSSR count). The van der Waals surface area contributed by atoms with Crippen molar-refractivity contribution in [2.75, 3.05) is 19.7 Å². The maximum Gasteiger partial charge on any atom is 0.0917 e. The lowest BCUT2D eigenvalue weighted by Gasteiger charge is -2.25. The fourth-order valence-electron chi connectivity index (χ4n) is 2.32. The molecular weight excluding hydrogens is 444 g/mol. The van der Waals surface area contributed by atoms with Gasteiger partial charge in [0, 0.05) is 24.7 Å². The number of nitrogens with zero attached hydrogens (tertiary/aromatic N) is 1. The summed E-state index contributed by atoms with van der Waals surface area (Å²) in [5.41, 5.74) is 2.11. The molecule has 0 aliphatic carbocycles. The van der Waals surface area contributed by atoms with Gasteiger partial charge in [-0.1, -0.05) is 54.1 Å². The van der Waals surface area contributed by atoms with Crippen LogP contribution < -0.4 is 0 Å². The summed E-state index contributed by atoms with van der Waals surface area (Å²) < 4.78 is 5.48. The molecule has 0 saturated carbocycles. The first kappa shape index (κ1) is 19.1. The number of hydrogen-bond donors (Lipinski definition) is 1. The highest BCUT2D eigenvalue weighted by Crippen LogP contribution is 2.22. The maximum atomic E-state index is 10.5. The van der Waals surface area contributed by atoms with E-state index in [-0.39, 0.29) is 0 Å². The van der Waals surface area contributed by atoms with Crippen molar-refractivity contribution >= 4 is 40.1 Å². The Labute approximate surface area is 157 Å². The van der Waals surface area contributed by atoms with Crippen LogP contribution in [-0.4, -0.2) is 29.7 Å². The highest BCUT2D eigenvalue weighted by atomic mass is 127. The lowest BCUT2D eigenvalue weighted by Crippen LogP contribution is -2.31. The average molecular weight is 464 g/mol. The number of aliphatic hydroxyl groups excluding tert-OH is 1. The van der Waals surface area contributed by atoms with E-state index in [0.717, 1.165) is 18.7 Å². The van der Waals surface area contributed by atoms with Crippen molar-refractivity contribution < 1.29 is 9.63 Å². The second-order valence-corrected chi connectivity index (χ2v) is 7.41. The van der Waals surface area contributed by atoms with Gasteiger partial charge in [0.25, 0.3) is 0 Å². The van der Waals surface area contributed by atoms with Crippen LogP contribution in [0.4, 0.5) is 0 Å². The van der Waals surface area contributed by atoms with Crippen molar-refractivity contribution in [2.45, 2.75) is 12.6 Å². The molecule has 3 nitrogen and oxygen atoms in total. The van der Waals surface area contributed by atoms with E-state index in [0.29, 0.717) is 24.6 Å². The molecular formula is C17H20ClINO2P. The second kappa shape index (κ2) is 10.6. The second-order valence-electron chi connectivity index (χ2n) is 5.21. The largest absolute Gasteiger partial charge is 0.387 e. The predicted octanol–water partition coefficient (Wildman–Crippen LogP) is 4.84. The van der Waals surface area contributed by atoms with Crippen LogP contribution in [0.25, 0.3) is 0 Å². The summed E-state index contributed by atoms with van der Waals surface area (Å²) in [6, 6.07) is 17.6. The van der Waals surface area contributed by atoms with Crippen LogP contribution in [0.2, 0.25) is 5.02 Å². The summed E-state index contributed by atoms with van der Waals surface area (Å²) in [7, 11) is 0. The highest BCUT2D eigenvalue weighted by molar-refractivity contribution is 14.2. The molecule has 0 radical (unpaired) electrons. The summed E-state index contributed by atoms with van der Waals surface area (Å²) in [4.78, 5) is 2.21. The van der Waals surface area contributed by atoms with E-state index in [4.69, 9.17) is 16.1 Å². The number of hydrogen-bond acceptors (Lipinski definition) is 3. The van der Waals surface area contributed by atoms with Gasteiger partial charge in [0.05, 0.1) is 19.2 Å². The number of benzene rings is 2. The van der Waals surface area contributed by atoms with Crippen molar-refractivity contribution in [1.29, 1.82) is 0 Å². The summed E-state index contributed by atoms with van der Waals surface area (Å²) in [5.74, 6) is 0. The predicted molar refractivity (Wildman–Crippen MR) is 106 cm³/mol. The molecule has 0 spiro atoms. The molecule has 0 heterocycles. The average Bonchev–Trinajstić information content (AvgIpc) is 2.56. The van der Waals surface area contributed by atoms with Gasteiger partial charge >= 0.3 is 0 Å². The van der Waals surface area contributed by atoms with Crippen LogP contribution in [0.15, 0.2) is 54.6 Å².